The number of benzene rings is 1. The number of rotatable bonds is 4. The van der Waals surface area contributed by atoms with Gasteiger partial charge in [-0.25, -0.2) is 8.42 Å². The van der Waals surface area contributed by atoms with Crippen LogP contribution in [-0.4, -0.2) is 61.6 Å². The summed E-state index contributed by atoms with van der Waals surface area (Å²) in [6.45, 7) is 5.48. The van der Waals surface area contributed by atoms with Gasteiger partial charge in [-0.3, -0.25) is 4.79 Å². The summed E-state index contributed by atoms with van der Waals surface area (Å²) in [5, 5.41) is 0. The number of amides is 1. The Balaban J connectivity index is 1.59. The average molecular weight is 352 g/mol. The molecule has 132 valence electrons. The SMILES string of the molecule is Cc1cccc(C)c1OC1CN(C(=O)[C@H]2CCCN2S(C)(=O)=O)C1. The highest BCUT2D eigenvalue weighted by Gasteiger charge is 2.42. The first-order valence-corrected chi connectivity index (χ1v) is 10.1. The van der Waals surface area contributed by atoms with Crippen LogP contribution in [0.3, 0.4) is 0 Å². The van der Waals surface area contributed by atoms with Crippen molar-refractivity contribution in [3.63, 3.8) is 0 Å². The fraction of sp³-hybridized carbons (Fsp3) is 0.588. The van der Waals surface area contributed by atoms with E-state index in [0.717, 1.165) is 23.3 Å². The lowest BCUT2D eigenvalue weighted by atomic mass is 10.1. The number of hydrogen-bond acceptors (Lipinski definition) is 4. The quantitative estimate of drug-likeness (QED) is 0.820. The summed E-state index contributed by atoms with van der Waals surface area (Å²) in [5.74, 6) is 0.785. The van der Waals surface area contributed by atoms with Crippen molar-refractivity contribution in [3.05, 3.63) is 29.3 Å². The molecule has 24 heavy (non-hydrogen) atoms. The highest BCUT2D eigenvalue weighted by atomic mass is 32.2. The topological polar surface area (TPSA) is 66.9 Å². The van der Waals surface area contributed by atoms with Crippen molar-refractivity contribution >= 4 is 15.9 Å². The van der Waals surface area contributed by atoms with Gasteiger partial charge in [-0.05, 0) is 37.8 Å². The number of carbonyl (C=O) groups is 1. The molecule has 2 fully saturated rings. The highest BCUT2D eigenvalue weighted by molar-refractivity contribution is 7.88. The molecule has 0 saturated carbocycles. The molecule has 7 heteroatoms. The summed E-state index contributed by atoms with van der Waals surface area (Å²) < 4.78 is 30.9. The predicted molar refractivity (Wildman–Crippen MR) is 91.5 cm³/mol. The number of ether oxygens (including phenoxy) is 1. The van der Waals surface area contributed by atoms with Gasteiger partial charge in [0.2, 0.25) is 15.9 Å². The maximum absolute atomic E-state index is 12.6. The second-order valence-electron chi connectivity index (χ2n) is 6.74. The number of para-hydroxylation sites is 1. The Kier molecular flexibility index (Phi) is 4.57. The van der Waals surface area contributed by atoms with E-state index in [0.29, 0.717) is 26.1 Å². The molecule has 0 radical (unpaired) electrons. The van der Waals surface area contributed by atoms with Gasteiger partial charge in [0.1, 0.15) is 17.9 Å². The Morgan fingerprint density at radius 3 is 2.42 bits per heavy atom. The van der Waals surface area contributed by atoms with Gasteiger partial charge in [0.05, 0.1) is 19.3 Å². The van der Waals surface area contributed by atoms with Crippen molar-refractivity contribution in [2.75, 3.05) is 25.9 Å². The normalized spacial score (nSPS) is 22.5. The Hall–Kier alpha value is -1.60. The molecule has 6 nitrogen and oxygen atoms in total. The minimum Gasteiger partial charge on any atom is -0.486 e. The first-order valence-electron chi connectivity index (χ1n) is 8.26. The molecule has 1 amide bonds. The molecule has 1 aromatic rings. The van der Waals surface area contributed by atoms with Crippen LogP contribution in [0.25, 0.3) is 0 Å². The second kappa shape index (κ2) is 6.37. The van der Waals surface area contributed by atoms with Crippen LogP contribution in [0.4, 0.5) is 0 Å². The molecule has 2 aliphatic heterocycles. The third-order valence-corrected chi connectivity index (χ3v) is 6.06. The summed E-state index contributed by atoms with van der Waals surface area (Å²) in [6, 6.07) is 5.47. The largest absolute Gasteiger partial charge is 0.486 e. The number of nitrogens with zero attached hydrogens (tertiary/aromatic N) is 2. The molecular weight excluding hydrogens is 328 g/mol. The van der Waals surface area contributed by atoms with Crippen molar-refractivity contribution in [1.82, 2.24) is 9.21 Å². The monoisotopic (exact) mass is 352 g/mol. The fourth-order valence-electron chi connectivity index (χ4n) is 3.44. The van der Waals surface area contributed by atoms with Crippen molar-refractivity contribution in [2.24, 2.45) is 0 Å². The molecule has 3 rings (SSSR count). The summed E-state index contributed by atoms with van der Waals surface area (Å²) in [6.07, 6.45) is 2.48. The minimum absolute atomic E-state index is 0.0261. The van der Waals surface area contributed by atoms with Gasteiger partial charge in [0.25, 0.3) is 0 Å². The first kappa shape index (κ1) is 17.2. The molecule has 0 bridgehead atoms. The van der Waals surface area contributed by atoms with Crippen LogP contribution >= 0.6 is 0 Å². The number of sulfonamides is 1. The molecule has 0 aliphatic carbocycles. The number of aryl methyl sites for hydroxylation is 2. The van der Waals surface area contributed by atoms with Crippen LogP contribution in [0.1, 0.15) is 24.0 Å². The van der Waals surface area contributed by atoms with Crippen LogP contribution in [0.15, 0.2) is 18.2 Å². The van der Waals surface area contributed by atoms with Crippen LogP contribution in [0, 0.1) is 13.8 Å². The van der Waals surface area contributed by atoms with Gasteiger partial charge < -0.3 is 9.64 Å². The third kappa shape index (κ3) is 3.28. The van der Waals surface area contributed by atoms with E-state index in [1.54, 1.807) is 4.90 Å². The van der Waals surface area contributed by atoms with Gasteiger partial charge in [-0.2, -0.15) is 4.31 Å². The summed E-state index contributed by atoms with van der Waals surface area (Å²) >= 11 is 0. The van der Waals surface area contributed by atoms with Crippen molar-refractivity contribution in [2.45, 2.75) is 38.8 Å². The Bertz CT molecular complexity index is 721. The van der Waals surface area contributed by atoms with E-state index in [1.807, 2.05) is 32.0 Å². The van der Waals surface area contributed by atoms with Crippen molar-refractivity contribution in [1.29, 1.82) is 0 Å². The van der Waals surface area contributed by atoms with E-state index in [9.17, 15) is 13.2 Å². The summed E-state index contributed by atoms with van der Waals surface area (Å²) in [4.78, 5) is 14.3. The number of likely N-dealkylation sites (tertiary alicyclic amines) is 1. The molecule has 1 atom stereocenters. The zero-order valence-electron chi connectivity index (χ0n) is 14.4. The predicted octanol–water partition coefficient (Wildman–Crippen LogP) is 1.32. The van der Waals surface area contributed by atoms with Crippen LogP contribution in [0.5, 0.6) is 5.75 Å². The van der Waals surface area contributed by atoms with Gasteiger partial charge in [0, 0.05) is 6.54 Å². The molecule has 0 N–H and O–H groups in total. The van der Waals surface area contributed by atoms with Crippen LogP contribution in [0.2, 0.25) is 0 Å². The average Bonchev–Trinajstić information content (AvgIpc) is 2.93. The fourth-order valence-corrected chi connectivity index (χ4v) is 4.56. The second-order valence-corrected chi connectivity index (χ2v) is 8.67. The standard InChI is InChI=1S/C17H24N2O4S/c1-12-6-4-7-13(2)16(12)23-14-10-18(11-14)17(20)15-8-5-9-19(15)24(3,21)22/h4,6-7,14-15H,5,8-11H2,1-3H3/t15-/m1/s1. The third-order valence-electron chi connectivity index (χ3n) is 4.77. The summed E-state index contributed by atoms with van der Waals surface area (Å²) in [5.41, 5.74) is 2.16. The Labute approximate surface area is 143 Å². The van der Waals surface area contributed by atoms with Crippen molar-refractivity contribution < 1.29 is 17.9 Å². The van der Waals surface area contributed by atoms with E-state index in [-0.39, 0.29) is 12.0 Å². The van der Waals surface area contributed by atoms with Gasteiger partial charge in [-0.15, -0.1) is 0 Å². The highest BCUT2D eigenvalue weighted by Crippen LogP contribution is 2.28. The molecule has 2 aliphatic rings. The molecule has 0 spiro atoms. The molecular formula is C17H24N2O4S. The molecule has 2 heterocycles. The van der Waals surface area contributed by atoms with Crippen LogP contribution in [-0.2, 0) is 14.8 Å². The molecule has 2 saturated heterocycles. The van der Waals surface area contributed by atoms with Crippen LogP contribution < -0.4 is 4.74 Å². The number of carbonyl (C=O) groups excluding carboxylic acids is 1. The first-order chi connectivity index (χ1) is 11.3. The molecule has 1 aromatic carbocycles. The maximum atomic E-state index is 12.6. The number of hydrogen-bond donors (Lipinski definition) is 0. The zero-order chi connectivity index (χ0) is 17.5. The lowest BCUT2D eigenvalue weighted by Gasteiger charge is -2.41. The van der Waals surface area contributed by atoms with E-state index in [4.69, 9.17) is 4.74 Å². The Morgan fingerprint density at radius 2 is 1.83 bits per heavy atom. The van der Waals surface area contributed by atoms with E-state index < -0.39 is 16.1 Å². The lowest BCUT2D eigenvalue weighted by molar-refractivity contribution is -0.143. The smallest absolute Gasteiger partial charge is 0.241 e. The Morgan fingerprint density at radius 1 is 1.21 bits per heavy atom. The zero-order valence-corrected chi connectivity index (χ0v) is 15.2. The maximum Gasteiger partial charge on any atom is 0.241 e. The minimum atomic E-state index is -3.33. The lowest BCUT2D eigenvalue weighted by Crippen LogP contribution is -2.60. The van der Waals surface area contributed by atoms with Gasteiger partial charge >= 0.3 is 0 Å². The van der Waals surface area contributed by atoms with E-state index >= 15 is 0 Å². The van der Waals surface area contributed by atoms with E-state index in [2.05, 4.69) is 0 Å². The van der Waals surface area contributed by atoms with E-state index in [1.165, 1.54) is 10.6 Å². The van der Waals surface area contributed by atoms with Gasteiger partial charge in [0.15, 0.2) is 0 Å². The summed E-state index contributed by atoms with van der Waals surface area (Å²) in [7, 11) is -3.33. The molecule has 0 unspecified atom stereocenters. The molecule has 0 aromatic heterocycles. The van der Waals surface area contributed by atoms with Crippen molar-refractivity contribution in [3.8, 4) is 5.75 Å². The van der Waals surface area contributed by atoms with Gasteiger partial charge in [-0.1, -0.05) is 18.2 Å².